The lowest BCUT2D eigenvalue weighted by molar-refractivity contribution is 0.445. The van der Waals surface area contributed by atoms with Gasteiger partial charge in [-0.1, -0.05) is 6.92 Å². The van der Waals surface area contributed by atoms with E-state index in [4.69, 9.17) is 0 Å². The van der Waals surface area contributed by atoms with E-state index >= 15 is 0 Å². The van der Waals surface area contributed by atoms with E-state index in [0.717, 1.165) is 34.9 Å². The second-order valence-electron chi connectivity index (χ2n) is 4.73. The molecule has 2 aromatic heterocycles. The molecule has 0 atom stereocenters. The highest BCUT2D eigenvalue weighted by molar-refractivity contribution is 7.16. The second kappa shape index (κ2) is 5.10. The summed E-state index contributed by atoms with van der Waals surface area (Å²) in [5.74, 6) is 1.73. The van der Waals surface area contributed by atoms with Gasteiger partial charge in [0.2, 0.25) is 5.95 Å². The van der Waals surface area contributed by atoms with Crippen molar-refractivity contribution in [3.05, 3.63) is 11.4 Å². The molecule has 0 unspecified atom stereocenters. The summed E-state index contributed by atoms with van der Waals surface area (Å²) >= 11 is 1.67. The van der Waals surface area contributed by atoms with Gasteiger partial charge >= 0.3 is 0 Å². The van der Waals surface area contributed by atoms with Crippen molar-refractivity contribution < 1.29 is 0 Å². The molecule has 1 aliphatic carbocycles. The number of thiophene rings is 1. The minimum Gasteiger partial charge on any atom is -0.367 e. The number of aromatic nitrogens is 2. The van der Waals surface area contributed by atoms with Crippen LogP contribution in [-0.4, -0.2) is 22.6 Å². The van der Waals surface area contributed by atoms with E-state index < -0.39 is 0 Å². The van der Waals surface area contributed by atoms with E-state index in [0.29, 0.717) is 6.04 Å². The zero-order valence-electron chi connectivity index (χ0n) is 10.6. The molecule has 2 heterocycles. The molecule has 4 nitrogen and oxygen atoms in total. The maximum atomic E-state index is 4.61. The van der Waals surface area contributed by atoms with E-state index in [1.807, 2.05) is 0 Å². The number of rotatable bonds is 5. The first-order valence-electron chi connectivity index (χ1n) is 6.62. The molecule has 0 radical (unpaired) electrons. The van der Waals surface area contributed by atoms with Crippen LogP contribution >= 0.6 is 11.3 Å². The highest BCUT2D eigenvalue weighted by Gasteiger charge is 2.19. The monoisotopic (exact) mass is 262 g/mol. The van der Waals surface area contributed by atoms with Crippen molar-refractivity contribution in [1.29, 1.82) is 0 Å². The fraction of sp³-hybridized carbons (Fsp3) is 0.538. The predicted octanol–water partition coefficient (Wildman–Crippen LogP) is 3.48. The molecule has 0 spiro atoms. The Morgan fingerprint density at radius 1 is 1.39 bits per heavy atom. The van der Waals surface area contributed by atoms with Crippen molar-refractivity contribution in [2.24, 2.45) is 0 Å². The zero-order chi connectivity index (χ0) is 12.4. The van der Waals surface area contributed by atoms with Crippen molar-refractivity contribution in [2.45, 2.75) is 38.6 Å². The van der Waals surface area contributed by atoms with Gasteiger partial charge in [0.15, 0.2) is 0 Å². The van der Waals surface area contributed by atoms with Crippen LogP contribution in [0.5, 0.6) is 0 Å². The molecular formula is C13H18N4S. The molecule has 0 amide bonds. The molecule has 2 aromatic rings. The summed E-state index contributed by atoms with van der Waals surface area (Å²) in [4.78, 5) is 10.2. The van der Waals surface area contributed by atoms with Crippen LogP contribution in [0.4, 0.5) is 11.8 Å². The molecule has 0 aromatic carbocycles. The van der Waals surface area contributed by atoms with Gasteiger partial charge in [-0.25, -0.2) is 4.98 Å². The molecule has 0 saturated heterocycles. The first kappa shape index (κ1) is 11.7. The zero-order valence-corrected chi connectivity index (χ0v) is 11.4. The van der Waals surface area contributed by atoms with Gasteiger partial charge in [-0.2, -0.15) is 4.98 Å². The summed E-state index contributed by atoms with van der Waals surface area (Å²) in [5, 5.41) is 10.0. The van der Waals surface area contributed by atoms with Crippen LogP contribution < -0.4 is 10.6 Å². The van der Waals surface area contributed by atoms with Crippen molar-refractivity contribution in [3.63, 3.8) is 0 Å². The Balaban J connectivity index is 1.89. The summed E-state index contributed by atoms with van der Waals surface area (Å²) in [6, 6.07) is 2.70. The van der Waals surface area contributed by atoms with E-state index in [1.165, 1.54) is 19.3 Å². The molecule has 1 aliphatic rings. The summed E-state index contributed by atoms with van der Waals surface area (Å²) in [5.41, 5.74) is 0. The van der Waals surface area contributed by atoms with Gasteiger partial charge in [-0.15, -0.1) is 11.3 Å². The van der Waals surface area contributed by atoms with E-state index in [1.54, 1.807) is 11.3 Å². The maximum Gasteiger partial charge on any atom is 0.226 e. The molecule has 1 fully saturated rings. The predicted molar refractivity (Wildman–Crippen MR) is 77.5 cm³/mol. The number of anilines is 2. The molecular weight excluding hydrogens is 244 g/mol. The van der Waals surface area contributed by atoms with Gasteiger partial charge in [-0.3, -0.25) is 0 Å². The quantitative estimate of drug-likeness (QED) is 0.866. The number of fused-ring (bicyclic) bond motifs is 1. The molecule has 96 valence electrons. The summed E-state index contributed by atoms with van der Waals surface area (Å²) in [6.07, 6.45) is 4.93. The fourth-order valence-corrected chi connectivity index (χ4v) is 2.79. The highest BCUT2D eigenvalue weighted by Crippen LogP contribution is 2.30. The highest BCUT2D eigenvalue weighted by atomic mass is 32.1. The van der Waals surface area contributed by atoms with Crippen molar-refractivity contribution in [1.82, 2.24) is 9.97 Å². The van der Waals surface area contributed by atoms with E-state index in [2.05, 4.69) is 39.0 Å². The minimum absolute atomic E-state index is 0.599. The third kappa shape index (κ3) is 2.27. The number of nitrogens with one attached hydrogen (secondary N) is 2. The second-order valence-corrected chi connectivity index (χ2v) is 5.63. The van der Waals surface area contributed by atoms with Crippen LogP contribution in [0.15, 0.2) is 11.4 Å². The van der Waals surface area contributed by atoms with Crippen LogP contribution in [0.1, 0.15) is 32.6 Å². The molecule has 0 aliphatic heterocycles. The Bertz CT molecular complexity index is 533. The lowest BCUT2D eigenvalue weighted by atomic mass is 9.93. The molecule has 0 bridgehead atoms. The Morgan fingerprint density at radius 3 is 3.00 bits per heavy atom. The average molecular weight is 262 g/mol. The molecule has 18 heavy (non-hydrogen) atoms. The number of nitrogens with zero attached hydrogens (tertiary/aromatic N) is 2. The van der Waals surface area contributed by atoms with Crippen molar-refractivity contribution in [2.75, 3.05) is 17.2 Å². The molecule has 3 rings (SSSR count). The largest absolute Gasteiger partial charge is 0.367 e. The lowest BCUT2D eigenvalue weighted by Crippen LogP contribution is -2.27. The first-order valence-corrected chi connectivity index (χ1v) is 7.50. The van der Waals surface area contributed by atoms with Crippen LogP contribution in [0.2, 0.25) is 0 Å². The maximum absolute atomic E-state index is 4.61. The third-order valence-electron chi connectivity index (χ3n) is 3.30. The fourth-order valence-electron chi connectivity index (χ4n) is 2.03. The normalized spacial score (nSPS) is 15.6. The Labute approximate surface area is 111 Å². The van der Waals surface area contributed by atoms with Gasteiger partial charge in [0.05, 0.1) is 5.39 Å². The van der Waals surface area contributed by atoms with E-state index in [-0.39, 0.29) is 0 Å². The van der Waals surface area contributed by atoms with Gasteiger partial charge in [-0.05, 0) is 37.1 Å². The molecule has 2 N–H and O–H groups in total. The smallest absolute Gasteiger partial charge is 0.226 e. The van der Waals surface area contributed by atoms with Crippen LogP contribution in [0.25, 0.3) is 10.2 Å². The van der Waals surface area contributed by atoms with Crippen molar-refractivity contribution >= 4 is 33.3 Å². The van der Waals surface area contributed by atoms with Gasteiger partial charge in [0.1, 0.15) is 10.6 Å². The van der Waals surface area contributed by atoms with Crippen LogP contribution in [0, 0.1) is 0 Å². The summed E-state index contributed by atoms with van der Waals surface area (Å²) in [6.45, 7) is 3.06. The van der Waals surface area contributed by atoms with Gasteiger partial charge < -0.3 is 10.6 Å². The number of hydrogen-bond acceptors (Lipinski definition) is 5. The van der Waals surface area contributed by atoms with E-state index in [9.17, 15) is 0 Å². The topological polar surface area (TPSA) is 49.8 Å². The Kier molecular flexibility index (Phi) is 3.32. The van der Waals surface area contributed by atoms with Crippen LogP contribution in [-0.2, 0) is 0 Å². The minimum atomic E-state index is 0.599. The first-order chi connectivity index (χ1) is 8.86. The Morgan fingerprint density at radius 2 is 2.28 bits per heavy atom. The summed E-state index contributed by atoms with van der Waals surface area (Å²) < 4.78 is 0. The van der Waals surface area contributed by atoms with Gasteiger partial charge in [0, 0.05) is 12.6 Å². The summed E-state index contributed by atoms with van der Waals surface area (Å²) in [7, 11) is 0. The average Bonchev–Trinajstić information content (AvgIpc) is 2.79. The SMILES string of the molecule is CCCNc1nc(NC2CCC2)c2ccsc2n1. The lowest BCUT2D eigenvalue weighted by Gasteiger charge is -2.27. The number of hydrogen-bond donors (Lipinski definition) is 2. The molecule has 5 heteroatoms. The van der Waals surface area contributed by atoms with Gasteiger partial charge in [0.25, 0.3) is 0 Å². The third-order valence-corrected chi connectivity index (χ3v) is 4.11. The molecule has 1 saturated carbocycles. The standard InChI is InChI=1S/C13H18N4S/c1-2-7-14-13-16-11(15-9-4-3-5-9)10-6-8-18-12(10)17-13/h6,8-9H,2-5,7H2,1H3,(H2,14,15,16,17). The van der Waals surface area contributed by atoms with Crippen molar-refractivity contribution in [3.8, 4) is 0 Å². The van der Waals surface area contributed by atoms with Crippen LogP contribution in [0.3, 0.4) is 0 Å². The Hall–Kier alpha value is -1.36.